The van der Waals surface area contributed by atoms with Gasteiger partial charge in [0.2, 0.25) is 11.8 Å². The number of hydrogen-bond acceptors (Lipinski definition) is 5. The minimum atomic E-state index is -0.446. The molecule has 8 heteroatoms. The molecule has 0 spiro atoms. The average molecular weight is 439 g/mol. The van der Waals surface area contributed by atoms with Crippen molar-refractivity contribution in [1.82, 2.24) is 10.3 Å². The molecule has 0 aromatic heterocycles. The second-order valence-electron chi connectivity index (χ2n) is 8.73. The highest BCUT2D eigenvalue weighted by atomic mass is 19.1. The van der Waals surface area contributed by atoms with Gasteiger partial charge in [-0.25, -0.2) is 14.8 Å². The highest BCUT2D eigenvalue weighted by Crippen LogP contribution is 2.33. The van der Waals surface area contributed by atoms with Gasteiger partial charge in [-0.05, 0) is 49.2 Å². The molecule has 3 fully saturated rings. The average Bonchev–Trinajstić information content (AvgIpc) is 3.43. The number of anilines is 2. The number of halogens is 1. The number of carbonyl (C=O) groups is 2. The van der Waals surface area contributed by atoms with Crippen molar-refractivity contribution in [3.8, 4) is 0 Å². The first-order valence-corrected chi connectivity index (χ1v) is 11.1. The van der Waals surface area contributed by atoms with Crippen molar-refractivity contribution in [2.75, 3.05) is 36.6 Å². The molecule has 4 atom stereocenters. The zero-order valence-corrected chi connectivity index (χ0v) is 17.7. The SMILES string of the molecule is O=C(Nc1ccc(F)cc1)C1CN(CC2CCCO2)CC2C(=O)N(c3ccccc3)NC12. The van der Waals surface area contributed by atoms with E-state index in [4.69, 9.17) is 4.74 Å². The van der Waals surface area contributed by atoms with Crippen LogP contribution < -0.4 is 15.8 Å². The lowest BCUT2D eigenvalue weighted by Crippen LogP contribution is -2.57. The van der Waals surface area contributed by atoms with E-state index in [0.29, 0.717) is 25.3 Å². The molecule has 168 valence electrons. The first kappa shape index (κ1) is 21.1. The Morgan fingerprint density at radius 2 is 1.91 bits per heavy atom. The van der Waals surface area contributed by atoms with Gasteiger partial charge in [0.05, 0.1) is 29.7 Å². The number of fused-ring (bicyclic) bond motifs is 1. The topological polar surface area (TPSA) is 73.9 Å². The third kappa shape index (κ3) is 4.26. The minimum absolute atomic E-state index is 0.0298. The summed E-state index contributed by atoms with van der Waals surface area (Å²) in [5.74, 6) is -1.35. The largest absolute Gasteiger partial charge is 0.377 e. The van der Waals surface area contributed by atoms with E-state index in [-0.39, 0.29) is 35.7 Å². The number of nitrogens with zero attached hydrogens (tertiary/aromatic N) is 2. The number of likely N-dealkylation sites (tertiary alicyclic amines) is 1. The fourth-order valence-electron chi connectivity index (χ4n) is 4.95. The molecule has 3 aliphatic rings. The molecule has 2 amide bonds. The van der Waals surface area contributed by atoms with E-state index in [9.17, 15) is 14.0 Å². The summed E-state index contributed by atoms with van der Waals surface area (Å²) in [7, 11) is 0. The van der Waals surface area contributed by atoms with Crippen LogP contribution in [0.25, 0.3) is 0 Å². The van der Waals surface area contributed by atoms with E-state index in [2.05, 4.69) is 15.6 Å². The second kappa shape index (κ2) is 8.97. The summed E-state index contributed by atoms with van der Waals surface area (Å²) < 4.78 is 19.1. The van der Waals surface area contributed by atoms with Gasteiger partial charge in [0.25, 0.3) is 0 Å². The number of carbonyl (C=O) groups excluding carboxylic acids is 2. The van der Waals surface area contributed by atoms with Crippen molar-refractivity contribution < 1.29 is 18.7 Å². The number of rotatable bonds is 5. The van der Waals surface area contributed by atoms with Gasteiger partial charge in [-0.1, -0.05) is 18.2 Å². The number of hydrogen-bond donors (Lipinski definition) is 2. The first-order valence-electron chi connectivity index (χ1n) is 11.1. The number of hydrazine groups is 1. The molecule has 0 radical (unpaired) electrons. The highest BCUT2D eigenvalue weighted by Gasteiger charge is 2.51. The third-order valence-electron chi connectivity index (χ3n) is 6.54. The van der Waals surface area contributed by atoms with Gasteiger partial charge in [-0.3, -0.25) is 14.5 Å². The molecule has 3 heterocycles. The fourth-order valence-corrected chi connectivity index (χ4v) is 4.95. The molecule has 7 nitrogen and oxygen atoms in total. The van der Waals surface area contributed by atoms with Crippen LogP contribution >= 0.6 is 0 Å². The molecule has 3 aliphatic heterocycles. The van der Waals surface area contributed by atoms with Crippen molar-refractivity contribution in [2.45, 2.75) is 25.0 Å². The van der Waals surface area contributed by atoms with E-state index < -0.39 is 5.92 Å². The van der Waals surface area contributed by atoms with Crippen molar-refractivity contribution in [3.63, 3.8) is 0 Å². The molecule has 2 N–H and O–H groups in total. The maximum absolute atomic E-state index is 13.3. The highest BCUT2D eigenvalue weighted by molar-refractivity contribution is 5.99. The van der Waals surface area contributed by atoms with Crippen LogP contribution in [0.1, 0.15) is 12.8 Å². The van der Waals surface area contributed by atoms with Gasteiger partial charge < -0.3 is 10.1 Å². The normalized spacial score (nSPS) is 28.0. The maximum atomic E-state index is 13.3. The van der Waals surface area contributed by atoms with E-state index >= 15 is 0 Å². The van der Waals surface area contributed by atoms with Crippen LogP contribution in [0.2, 0.25) is 0 Å². The predicted molar refractivity (Wildman–Crippen MR) is 118 cm³/mol. The van der Waals surface area contributed by atoms with Gasteiger partial charge in [0, 0.05) is 31.9 Å². The Morgan fingerprint density at radius 1 is 1.12 bits per heavy atom. The quantitative estimate of drug-likeness (QED) is 0.750. The molecular weight excluding hydrogens is 411 g/mol. The van der Waals surface area contributed by atoms with Gasteiger partial charge >= 0.3 is 0 Å². The molecule has 32 heavy (non-hydrogen) atoms. The Bertz CT molecular complexity index is 965. The Balaban J connectivity index is 1.38. The van der Waals surface area contributed by atoms with E-state index in [1.807, 2.05) is 30.3 Å². The smallest absolute Gasteiger partial charge is 0.247 e. The van der Waals surface area contributed by atoms with Crippen molar-refractivity contribution >= 4 is 23.2 Å². The number of ether oxygens (including phenoxy) is 1. The second-order valence-corrected chi connectivity index (χ2v) is 8.73. The molecule has 4 unspecified atom stereocenters. The summed E-state index contributed by atoms with van der Waals surface area (Å²) in [5, 5.41) is 4.47. The molecular formula is C24H27FN4O3. The lowest BCUT2D eigenvalue weighted by atomic mass is 9.83. The first-order chi connectivity index (χ1) is 15.6. The minimum Gasteiger partial charge on any atom is -0.377 e. The maximum Gasteiger partial charge on any atom is 0.247 e. The zero-order chi connectivity index (χ0) is 22.1. The molecule has 5 rings (SSSR count). The summed E-state index contributed by atoms with van der Waals surface area (Å²) in [6.07, 6.45) is 2.18. The van der Waals surface area contributed by atoms with Crippen LogP contribution in [0.4, 0.5) is 15.8 Å². The van der Waals surface area contributed by atoms with Crippen LogP contribution in [0.15, 0.2) is 54.6 Å². The summed E-state index contributed by atoms with van der Waals surface area (Å²) in [5.41, 5.74) is 4.60. The van der Waals surface area contributed by atoms with Crippen LogP contribution in [-0.2, 0) is 14.3 Å². The molecule has 0 bridgehead atoms. The van der Waals surface area contributed by atoms with Crippen LogP contribution in [0.3, 0.4) is 0 Å². The number of benzene rings is 2. The summed E-state index contributed by atoms with van der Waals surface area (Å²) >= 11 is 0. The standard InChI is InChI=1S/C24H27FN4O3/c25-16-8-10-17(11-9-16)26-23(30)20-14-28(13-19-7-4-12-32-19)15-21-22(20)27-29(24(21)31)18-5-2-1-3-6-18/h1-3,5-6,8-11,19-22,27H,4,7,12-15H2,(H,26,30). The fraction of sp³-hybridized carbons (Fsp3) is 0.417. The van der Waals surface area contributed by atoms with E-state index in [0.717, 1.165) is 25.1 Å². The van der Waals surface area contributed by atoms with Gasteiger partial charge in [-0.15, -0.1) is 0 Å². The Hall–Kier alpha value is -2.81. The molecule has 0 aliphatic carbocycles. The van der Waals surface area contributed by atoms with Crippen LogP contribution in [0.5, 0.6) is 0 Å². The Morgan fingerprint density at radius 3 is 2.62 bits per heavy atom. The van der Waals surface area contributed by atoms with Crippen LogP contribution in [-0.4, -0.2) is 55.1 Å². The van der Waals surface area contributed by atoms with Gasteiger partial charge in [0.15, 0.2) is 0 Å². The predicted octanol–water partition coefficient (Wildman–Crippen LogP) is 2.41. The summed E-state index contributed by atoms with van der Waals surface area (Å²) in [4.78, 5) is 28.8. The van der Waals surface area contributed by atoms with Gasteiger partial charge in [0.1, 0.15) is 5.82 Å². The van der Waals surface area contributed by atoms with Crippen molar-refractivity contribution in [3.05, 3.63) is 60.4 Å². The Labute approximate surface area is 186 Å². The number of amides is 2. The number of nitrogens with one attached hydrogen (secondary N) is 2. The summed E-state index contributed by atoms with van der Waals surface area (Å²) in [6.45, 7) is 2.58. The van der Waals surface area contributed by atoms with Gasteiger partial charge in [-0.2, -0.15) is 0 Å². The molecule has 0 saturated carbocycles. The zero-order valence-electron chi connectivity index (χ0n) is 17.7. The van der Waals surface area contributed by atoms with E-state index in [1.165, 1.54) is 12.1 Å². The number of piperidine rings is 1. The lowest BCUT2D eigenvalue weighted by Gasteiger charge is -2.39. The third-order valence-corrected chi connectivity index (χ3v) is 6.54. The monoisotopic (exact) mass is 438 g/mol. The summed E-state index contributed by atoms with van der Waals surface area (Å²) in [6, 6.07) is 14.8. The number of para-hydroxylation sites is 1. The molecule has 2 aromatic carbocycles. The van der Waals surface area contributed by atoms with Crippen molar-refractivity contribution in [1.29, 1.82) is 0 Å². The van der Waals surface area contributed by atoms with Crippen molar-refractivity contribution in [2.24, 2.45) is 11.8 Å². The molecule has 2 aromatic rings. The van der Waals surface area contributed by atoms with Crippen LogP contribution in [0, 0.1) is 17.7 Å². The molecule has 3 saturated heterocycles. The van der Waals surface area contributed by atoms with E-state index in [1.54, 1.807) is 17.1 Å². The Kier molecular flexibility index (Phi) is 5.91. The lowest BCUT2D eigenvalue weighted by molar-refractivity contribution is -0.126.